The second-order valence-electron chi connectivity index (χ2n) is 2.42. The molecule has 0 aliphatic carbocycles. The van der Waals surface area contributed by atoms with Gasteiger partial charge in [-0.3, -0.25) is 0 Å². The fourth-order valence-corrected chi connectivity index (χ4v) is 1.23. The summed E-state index contributed by atoms with van der Waals surface area (Å²) in [6.07, 6.45) is 0. The third-order valence-corrected chi connectivity index (χ3v) is 1.94. The Morgan fingerprint density at radius 1 is 1.69 bits per heavy atom. The van der Waals surface area contributed by atoms with Crippen molar-refractivity contribution in [1.82, 2.24) is 0 Å². The molecule has 0 atom stereocenters. The van der Waals surface area contributed by atoms with Crippen LogP contribution < -0.4 is 10.5 Å². The third kappa shape index (κ3) is 1.68. The van der Waals surface area contributed by atoms with Crippen molar-refractivity contribution in [1.29, 1.82) is 0 Å². The van der Waals surface area contributed by atoms with Crippen LogP contribution in [0.4, 0.5) is 4.39 Å². The van der Waals surface area contributed by atoms with Gasteiger partial charge in [-0.05, 0) is 6.07 Å². The van der Waals surface area contributed by atoms with Gasteiger partial charge in [0.15, 0.2) is 11.5 Å². The van der Waals surface area contributed by atoms with Crippen LogP contribution in [0.2, 0.25) is 5.02 Å². The Hall–Kier alpha value is -1.00. The van der Waals surface area contributed by atoms with E-state index in [-0.39, 0.29) is 17.3 Å². The molecule has 5 heteroatoms. The van der Waals surface area contributed by atoms with Gasteiger partial charge in [0.25, 0.3) is 0 Å². The lowest BCUT2D eigenvalue weighted by Gasteiger charge is -2.09. The zero-order valence-corrected chi connectivity index (χ0v) is 7.73. The number of rotatable bonds is 2. The smallest absolute Gasteiger partial charge is 0.208 e. The minimum absolute atomic E-state index is 0.0654. The van der Waals surface area contributed by atoms with Gasteiger partial charge in [0.2, 0.25) is 5.82 Å². The van der Waals surface area contributed by atoms with Crippen LogP contribution >= 0.6 is 11.6 Å². The predicted octanol–water partition coefficient (Wildman–Crippen LogP) is 1.65. The number of halogens is 2. The first-order valence-corrected chi connectivity index (χ1v) is 3.93. The van der Waals surface area contributed by atoms with E-state index < -0.39 is 11.6 Å². The zero-order chi connectivity index (χ0) is 10.0. The molecule has 72 valence electrons. The molecule has 0 radical (unpaired) electrons. The second-order valence-corrected chi connectivity index (χ2v) is 2.82. The normalized spacial score (nSPS) is 10.2. The maximum atomic E-state index is 13.2. The molecule has 3 nitrogen and oxygen atoms in total. The highest BCUT2D eigenvalue weighted by Gasteiger charge is 2.16. The number of phenolic OH excluding ortho intramolecular Hbond substituents is 1. The molecule has 0 aliphatic rings. The zero-order valence-electron chi connectivity index (χ0n) is 6.97. The maximum Gasteiger partial charge on any atom is 0.208 e. The average Bonchev–Trinajstić information content (AvgIpc) is 2.13. The van der Waals surface area contributed by atoms with Crippen LogP contribution in [0.15, 0.2) is 6.07 Å². The summed E-state index contributed by atoms with van der Waals surface area (Å²) in [5, 5.41) is 9.04. The Morgan fingerprint density at radius 2 is 2.31 bits per heavy atom. The summed E-state index contributed by atoms with van der Waals surface area (Å²) in [6, 6.07) is 1.37. The van der Waals surface area contributed by atoms with Crippen molar-refractivity contribution in [3.05, 3.63) is 22.5 Å². The molecule has 0 saturated heterocycles. The molecular weight excluding hydrogens is 197 g/mol. The monoisotopic (exact) mass is 205 g/mol. The van der Waals surface area contributed by atoms with E-state index in [0.717, 1.165) is 0 Å². The van der Waals surface area contributed by atoms with E-state index in [4.69, 9.17) is 27.2 Å². The highest BCUT2D eigenvalue weighted by molar-refractivity contribution is 6.32. The van der Waals surface area contributed by atoms with Gasteiger partial charge < -0.3 is 15.6 Å². The Morgan fingerprint density at radius 3 is 2.77 bits per heavy atom. The number of methoxy groups -OCH3 is 1. The number of hydrogen-bond acceptors (Lipinski definition) is 3. The summed E-state index contributed by atoms with van der Waals surface area (Å²) in [7, 11) is 1.30. The van der Waals surface area contributed by atoms with Crippen molar-refractivity contribution in [3.8, 4) is 11.5 Å². The van der Waals surface area contributed by atoms with E-state index in [2.05, 4.69) is 0 Å². The van der Waals surface area contributed by atoms with E-state index in [0.29, 0.717) is 5.56 Å². The highest BCUT2D eigenvalue weighted by Crippen LogP contribution is 2.35. The quantitative estimate of drug-likeness (QED) is 0.772. The lowest BCUT2D eigenvalue weighted by Crippen LogP contribution is -2.02. The van der Waals surface area contributed by atoms with E-state index in [1.54, 1.807) is 0 Å². The molecule has 13 heavy (non-hydrogen) atoms. The Labute approximate surface area is 79.9 Å². The third-order valence-electron chi connectivity index (χ3n) is 1.65. The van der Waals surface area contributed by atoms with Gasteiger partial charge in [-0.25, -0.2) is 0 Å². The highest BCUT2D eigenvalue weighted by atomic mass is 35.5. The Balaban J connectivity index is 3.39. The van der Waals surface area contributed by atoms with Crippen LogP contribution in [-0.4, -0.2) is 12.2 Å². The molecule has 0 saturated carbocycles. The summed E-state index contributed by atoms with van der Waals surface area (Å²) in [4.78, 5) is 0. The molecule has 0 unspecified atom stereocenters. The largest absolute Gasteiger partial charge is 0.504 e. The number of benzene rings is 1. The molecule has 0 heterocycles. The summed E-state index contributed by atoms with van der Waals surface area (Å²) in [6.45, 7) is 0.0973. The van der Waals surface area contributed by atoms with E-state index >= 15 is 0 Å². The topological polar surface area (TPSA) is 55.5 Å². The Bertz CT molecular complexity index is 330. The summed E-state index contributed by atoms with van der Waals surface area (Å²) >= 11 is 5.53. The van der Waals surface area contributed by atoms with Crippen molar-refractivity contribution in [2.75, 3.05) is 7.11 Å². The lowest BCUT2D eigenvalue weighted by atomic mass is 10.2. The van der Waals surface area contributed by atoms with Gasteiger partial charge in [0, 0.05) is 12.1 Å². The first kappa shape index (κ1) is 10.1. The van der Waals surface area contributed by atoms with Crippen molar-refractivity contribution < 1.29 is 14.2 Å². The molecule has 0 spiro atoms. The fourth-order valence-electron chi connectivity index (χ4n) is 1.01. The molecule has 1 aromatic carbocycles. The number of ether oxygens (including phenoxy) is 1. The van der Waals surface area contributed by atoms with Gasteiger partial charge in [-0.2, -0.15) is 4.39 Å². The summed E-state index contributed by atoms with van der Waals surface area (Å²) in [5.74, 6) is -1.56. The Kier molecular flexibility index (Phi) is 2.95. The number of aromatic hydroxyl groups is 1. The first-order valence-electron chi connectivity index (χ1n) is 3.55. The molecule has 0 amide bonds. The lowest BCUT2D eigenvalue weighted by molar-refractivity contribution is 0.360. The minimum Gasteiger partial charge on any atom is -0.504 e. The van der Waals surface area contributed by atoms with Crippen molar-refractivity contribution >= 4 is 11.6 Å². The van der Waals surface area contributed by atoms with Crippen LogP contribution in [0.5, 0.6) is 11.5 Å². The second kappa shape index (κ2) is 3.81. The predicted molar refractivity (Wildman–Crippen MR) is 47.5 cm³/mol. The fraction of sp³-hybridized carbons (Fsp3) is 0.250. The number of phenols is 1. The molecular formula is C8H9ClFNO2. The molecule has 1 rings (SSSR count). The van der Waals surface area contributed by atoms with Gasteiger partial charge in [0.1, 0.15) is 0 Å². The van der Waals surface area contributed by atoms with Crippen molar-refractivity contribution in [2.24, 2.45) is 5.73 Å². The van der Waals surface area contributed by atoms with E-state index in [1.807, 2.05) is 0 Å². The van der Waals surface area contributed by atoms with Crippen LogP contribution in [0.25, 0.3) is 0 Å². The summed E-state index contributed by atoms with van der Waals surface area (Å²) < 4.78 is 17.9. The minimum atomic E-state index is -0.879. The van der Waals surface area contributed by atoms with E-state index in [1.165, 1.54) is 13.2 Å². The standard InChI is InChI=1S/C8H9ClFNO2/c1-13-8-4(3-11)2-5(9)7(12)6(8)10/h2,12H,3,11H2,1H3. The van der Waals surface area contributed by atoms with Crippen LogP contribution in [0.1, 0.15) is 5.56 Å². The van der Waals surface area contributed by atoms with Crippen molar-refractivity contribution in [3.63, 3.8) is 0 Å². The van der Waals surface area contributed by atoms with Crippen molar-refractivity contribution in [2.45, 2.75) is 6.54 Å². The van der Waals surface area contributed by atoms with Crippen LogP contribution in [-0.2, 0) is 6.54 Å². The van der Waals surface area contributed by atoms with Gasteiger partial charge in [-0.15, -0.1) is 0 Å². The average molecular weight is 206 g/mol. The molecule has 0 aromatic heterocycles. The van der Waals surface area contributed by atoms with Crippen LogP contribution in [0, 0.1) is 5.82 Å². The van der Waals surface area contributed by atoms with Gasteiger partial charge in [0.05, 0.1) is 12.1 Å². The van der Waals surface area contributed by atoms with Gasteiger partial charge in [-0.1, -0.05) is 11.6 Å². The maximum absolute atomic E-state index is 13.2. The molecule has 1 aromatic rings. The molecule has 0 aliphatic heterocycles. The molecule has 3 N–H and O–H groups in total. The molecule has 0 bridgehead atoms. The van der Waals surface area contributed by atoms with Gasteiger partial charge >= 0.3 is 0 Å². The van der Waals surface area contributed by atoms with E-state index in [9.17, 15) is 4.39 Å². The van der Waals surface area contributed by atoms with Crippen LogP contribution in [0.3, 0.4) is 0 Å². The number of nitrogens with two attached hydrogens (primary N) is 1. The first-order chi connectivity index (χ1) is 6.11. The number of hydrogen-bond donors (Lipinski definition) is 2. The molecule has 0 fully saturated rings. The SMILES string of the molecule is COc1c(CN)cc(Cl)c(O)c1F. The summed E-state index contributed by atoms with van der Waals surface area (Å²) in [5.41, 5.74) is 5.75.